The fraction of sp³-hybridized carbons (Fsp3) is 0.500. The zero-order valence-electron chi connectivity index (χ0n) is 9.22. The predicted octanol–water partition coefficient (Wildman–Crippen LogP) is 0.660. The molecule has 1 heterocycles. The molecule has 0 aliphatic carbocycles. The summed E-state index contributed by atoms with van der Waals surface area (Å²) in [7, 11) is 2.07. The molecule has 1 aliphatic heterocycles. The van der Waals surface area contributed by atoms with E-state index in [1.807, 2.05) is 0 Å². The van der Waals surface area contributed by atoms with Crippen LogP contribution in [-0.4, -0.2) is 25.6 Å². The maximum Gasteiger partial charge on any atom is 0.0456 e. The average Bonchev–Trinajstić information content (AvgIpc) is 2.31. The molecule has 0 bridgehead atoms. The third-order valence-corrected chi connectivity index (χ3v) is 3.26. The van der Waals surface area contributed by atoms with Gasteiger partial charge < -0.3 is 16.1 Å². The van der Waals surface area contributed by atoms with Crippen LogP contribution in [0, 0.1) is 0 Å². The fourth-order valence-electron chi connectivity index (χ4n) is 2.29. The third-order valence-electron chi connectivity index (χ3n) is 3.26. The van der Waals surface area contributed by atoms with E-state index in [2.05, 4.69) is 48.0 Å². The lowest BCUT2D eigenvalue weighted by molar-refractivity contribution is 0.263. The first-order valence-corrected chi connectivity index (χ1v) is 5.32. The molecule has 84 valence electrons. The molecule has 15 heavy (non-hydrogen) atoms. The van der Waals surface area contributed by atoms with Crippen molar-refractivity contribution in [3.8, 4) is 0 Å². The highest BCUT2D eigenvalue weighted by atomic mass is 16.0. The van der Waals surface area contributed by atoms with Gasteiger partial charge in [0.1, 0.15) is 0 Å². The van der Waals surface area contributed by atoms with Gasteiger partial charge in [-0.3, -0.25) is 0 Å². The van der Waals surface area contributed by atoms with E-state index < -0.39 is 0 Å². The first-order chi connectivity index (χ1) is 6.87. The van der Waals surface area contributed by atoms with Gasteiger partial charge in [0.2, 0.25) is 0 Å². The molecular formula is C12H20N2O. The third kappa shape index (κ3) is 2.37. The summed E-state index contributed by atoms with van der Waals surface area (Å²) in [4.78, 5) is 0. The van der Waals surface area contributed by atoms with Crippen LogP contribution < -0.4 is 10.6 Å². The second-order valence-electron chi connectivity index (χ2n) is 3.95. The van der Waals surface area contributed by atoms with Crippen molar-refractivity contribution >= 4 is 0 Å². The molecule has 0 saturated carbocycles. The highest BCUT2D eigenvalue weighted by molar-refractivity contribution is 5.25. The van der Waals surface area contributed by atoms with Crippen LogP contribution in [0.1, 0.15) is 18.4 Å². The van der Waals surface area contributed by atoms with E-state index in [0.717, 1.165) is 13.1 Å². The molecule has 3 nitrogen and oxygen atoms in total. The summed E-state index contributed by atoms with van der Waals surface area (Å²) in [6.07, 6.45) is 2.35. The lowest BCUT2D eigenvalue weighted by atomic mass is 9.82. The van der Waals surface area contributed by atoms with Crippen molar-refractivity contribution in [2.45, 2.75) is 18.4 Å². The van der Waals surface area contributed by atoms with Gasteiger partial charge in [0.15, 0.2) is 0 Å². The Morgan fingerprint density at radius 1 is 1.13 bits per heavy atom. The standard InChI is InChI=1S/C12H18N2.H2O/c1-13-12(7-9-14-10-8-12)11-5-3-2-4-6-11;/h2-6,13-14H,7-10H2,1H3;1H2. The molecule has 0 amide bonds. The minimum atomic E-state index is 0. The molecule has 0 unspecified atom stereocenters. The molecule has 4 N–H and O–H groups in total. The van der Waals surface area contributed by atoms with Crippen LogP contribution in [0.2, 0.25) is 0 Å². The molecule has 0 atom stereocenters. The number of nitrogens with one attached hydrogen (secondary N) is 2. The second-order valence-corrected chi connectivity index (χ2v) is 3.95. The summed E-state index contributed by atoms with van der Waals surface area (Å²) >= 11 is 0. The van der Waals surface area contributed by atoms with E-state index in [9.17, 15) is 0 Å². The Bertz CT molecular complexity index is 281. The van der Waals surface area contributed by atoms with Crippen molar-refractivity contribution in [3.05, 3.63) is 35.9 Å². The number of rotatable bonds is 2. The topological polar surface area (TPSA) is 55.6 Å². The normalized spacial score (nSPS) is 19.3. The zero-order valence-corrected chi connectivity index (χ0v) is 9.22. The number of benzene rings is 1. The van der Waals surface area contributed by atoms with Gasteiger partial charge in [-0.05, 0) is 38.5 Å². The van der Waals surface area contributed by atoms with Crippen LogP contribution in [0.15, 0.2) is 30.3 Å². The maximum atomic E-state index is 3.49. The summed E-state index contributed by atoms with van der Waals surface area (Å²) in [5.74, 6) is 0. The van der Waals surface area contributed by atoms with E-state index in [-0.39, 0.29) is 11.0 Å². The van der Waals surface area contributed by atoms with Gasteiger partial charge in [0.05, 0.1) is 0 Å². The first-order valence-electron chi connectivity index (χ1n) is 5.32. The molecule has 3 heteroatoms. The van der Waals surface area contributed by atoms with Gasteiger partial charge in [-0.2, -0.15) is 0 Å². The van der Waals surface area contributed by atoms with Crippen molar-refractivity contribution in [1.82, 2.24) is 10.6 Å². The first kappa shape index (κ1) is 12.2. The van der Waals surface area contributed by atoms with Crippen molar-refractivity contribution in [2.24, 2.45) is 0 Å². The minimum absolute atomic E-state index is 0. The minimum Gasteiger partial charge on any atom is -0.412 e. The van der Waals surface area contributed by atoms with Crippen LogP contribution in [0.5, 0.6) is 0 Å². The Hall–Kier alpha value is -0.900. The summed E-state index contributed by atoms with van der Waals surface area (Å²) in [6.45, 7) is 2.21. The number of hydrogen-bond acceptors (Lipinski definition) is 2. The van der Waals surface area contributed by atoms with Gasteiger partial charge >= 0.3 is 0 Å². The molecule has 1 aromatic rings. The molecule has 1 saturated heterocycles. The largest absolute Gasteiger partial charge is 0.412 e. The maximum absolute atomic E-state index is 3.49. The average molecular weight is 208 g/mol. The van der Waals surface area contributed by atoms with Gasteiger partial charge in [0.25, 0.3) is 0 Å². The van der Waals surface area contributed by atoms with E-state index in [4.69, 9.17) is 0 Å². The predicted molar refractivity (Wildman–Crippen MR) is 62.9 cm³/mol. The van der Waals surface area contributed by atoms with Crippen LogP contribution in [-0.2, 0) is 5.54 Å². The van der Waals surface area contributed by atoms with Crippen LogP contribution >= 0.6 is 0 Å². The van der Waals surface area contributed by atoms with Crippen LogP contribution in [0.3, 0.4) is 0 Å². The Morgan fingerprint density at radius 3 is 2.27 bits per heavy atom. The van der Waals surface area contributed by atoms with Crippen molar-refractivity contribution in [1.29, 1.82) is 0 Å². The SMILES string of the molecule is CNC1(c2ccccc2)CCNCC1.O. The summed E-state index contributed by atoms with van der Waals surface area (Å²) in [5, 5.41) is 6.90. The summed E-state index contributed by atoms with van der Waals surface area (Å²) in [6, 6.07) is 10.8. The highest BCUT2D eigenvalue weighted by Crippen LogP contribution is 2.29. The van der Waals surface area contributed by atoms with Gasteiger partial charge in [-0.1, -0.05) is 30.3 Å². The van der Waals surface area contributed by atoms with E-state index in [1.54, 1.807) is 0 Å². The Labute approximate surface area is 91.2 Å². The van der Waals surface area contributed by atoms with Crippen LogP contribution in [0.4, 0.5) is 0 Å². The molecular weight excluding hydrogens is 188 g/mol. The van der Waals surface area contributed by atoms with E-state index >= 15 is 0 Å². The van der Waals surface area contributed by atoms with Gasteiger partial charge in [-0.25, -0.2) is 0 Å². The van der Waals surface area contributed by atoms with Gasteiger partial charge in [-0.15, -0.1) is 0 Å². The molecule has 1 aliphatic rings. The molecule has 0 spiro atoms. The van der Waals surface area contributed by atoms with Crippen molar-refractivity contribution in [3.63, 3.8) is 0 Å². The Kier molecular flexibility index (Phi) is 4.27. The number of piperidine rings is 1. The highest BCUT2D eigenvalue weighted by Gasteiger charge is 2.31. The smallest absolute Gasteiger partial charge is 0.0456 e. The molecule has 0 radical (unpaired) electrons. The lowest BCUT2D eigenvalue weighted by Gasteiger charge is -2.38. The summed E-state index contributed by atoms with van der Waals surface area (Å²) < 4.78 is 0. The van der Waals surface area contributed by atoms with E-state index in [1.165, 1.54) is 18.4 Å². The fourth-order valence-corrected chi connectivity index (χ4v) is 2.29. The van der Waals surface area contributed by atoms with E-state index in [0.29, 0.717) is 0 Å². The second kappa shape index (κ2) is 5.26. The Morgan fingerprint density at radius 2 is 1.73 bits per heavy atom. The molecule has 0 aromatic heterocycles. The Balaban J connectivity index is 0.00000112. The molecule has 1 aromatic carbocycles. The molecule has 2 rings (SSSR count). The van der Waals surface area contributed by atoms with Gasteiger partial charge in [0, 0.05) is 5.54 Å². The lowest BCUT2D eigenvalue weighted by Crippen LogP contribution is -2.48. The van der Waals surface area contributed by atoms with Crippen molar-refractivity contribution in [2.75, 3.05) is 20.1 Å². The van der Waals surface area contributed by atoms with Crippen LogP contribution in [0.25, 0.3) is 0 Å². The summed E-state index contributed by atoms with van der Waals surface area (Å²) in [5.41, 5.74) is 1.62. The number of hydrogen-bond donors (Lipinski definition) is 2. The quantitative estimate of drug-likeness (QED) is 0.750. The zero-order chi connectivity index (χ0) is 9.86. The molecule has 1 fully saturated rings. The monoisotopic (exact) mass is 208 g/mol. The van der Waals surface area contributed by atoms with Crippen molar-refractivity contribution < 1.29 is 5.48 Å².